The van der Waals surface area contributed by atoms with E-state index in [-0.39, 0.29) is 0 Å². The number of rotatable bonds is 9. The summed E-state index contributed by atoms with van der Waals surface area (Å²) in [5, 5.41) is 4.12. The van der Waals surface area contributed by atoms with Gasteiger partial charge in [0.05, 0.1) is 28.7 Å². The molecule has 160 valence electrons. The number of aromatic nitrogens is 2. The summed E-state index contributed by atoms with van der Waals surface area (Å²) < 4.78 is 12.8. The van der Waals surface area contributed by atoms with Crippen LogP contribution in [0.3, 0.4) is 0 Å². The number of benzene rings is 3. The van der Waals surface area contributed by atoms with Crippen LogP contribution in [0.15, 0.2) is 65.1 Å². The summed E-state index contributed by atoms with van der Waals surface area (Å²) in [6, 6.07) is 19.7. The molecule has 0 aliphatic carbocycles. The summed E-state index contributed by atoms with van der Waals surface area (Å²) >= 11 is 9.71. The number of hydrogen-bond acceptors (Lipinski definition) is 4. The molecule has 0 aliphatic heterocycles. The van der Waals surface area contributed by atoms with Crippen molar-refractivity contribution in [3.05, 3.63) is 87.1 Å². The van der Waals surface area contributed by atoms with Crippen molar-refractivity contribution in [1.82, 2.24) is 15.3 Å². The van der Waals surface area contributed by atoms with Crippen LogP contribution in [-0.2, 0) is 19.7 Å². The molecule has 7 heteroatoms. The maximum absolute atomic E-state index is 6.07. The molecule has 1 heterocycles. The molecule has 31 heavy (non-hydrogen) atoms. The van der Waals surface area contributed by atoms with Crippen LogP contribution in [0.4, 0.5) is 0 Å². The van der Waals surface area contributed by atoms with Crippen LogP contribution >= 0.6 is 27.5 Å². The highest BCUT2D eigenvalue weighted by molar-refractivity contribution is 9.10. The first-order chi connectivity index (χ1) is 15.1. The first-order valence-corrected chi connectivity index (χ1v) is 11.3. The van der Waals surface area contributed by atoms with E-state index in [0.29, 0.717) is 42.8 Å². The Hall–Kier alpha value is -2.54. The molecule has 0 aliphatic rings. The topological polar surface area (TPSA) is 59.2 Å². The number of halogens is 2. The van der Waals surface area contributed by atoms with E-state index in [9.17, 15) is 0 Å². The second-order valence-corrected chi connectivity index (χ2v) is 8.35. The Balaban J connectivity index is 1.43. The van der Waals surface area contributed by atoms with E-state index in [0.717, 1.165) is 32.5 Å². The number of aromatic amines is 1. The highest BCUT2D eigenvalue weighted by atomic mass is 79.9. The molecule has 5 nitrogen and oxygen atoms in total. The number of ether oxygens (including phenoxy) is 2. The van der Waals surface area contributed by atoms with Crippen LogP contribution in [0.1, 0.15) is 23.9 Å². The zero-order valence-electron chi connectivity index (χ0n) is 17.1. The molecule has 3 aromatic carbocycles. The van der Waals surface area contributed by atoms with E-state index < -0.39 is 0 Å². The standard InChI is InChI=1S/C24H23BrClN3O2/c1-2-30-22-12-17(13-27-14-23-28-20-8-3-4-9-21(20)29-23)11-19(25)24(22)31-15-16-6-5-7-18(26)10-16/h3-12,27H,2,13-15H2,1H3,(H,28,29). The van der Waals surface area contributed by atoms with Gasteiger partial charge in [-0.25, -0.2) is 4.98 Å². The summed E-state index contributed by atoms with van der Waals surface area (Å²) in [7, 11) is 0. The normalized spacial score (nSPS) is 11.1. The largest absolute Gasteiger partial charge is 0.490 e. The van der Waals surface area contributed by atoms with Gasteiger partial charge in [0.25, 0.3) is 0 Å². The van der Waals surface area contributed by atoms with Gasteiger partial charge < -0.3 is 19.8 Å². The lowest BCUT2D eigenvalue weighted by molar-refractivity contribution is 0.267. The Kier molecular flexibility index (Phi) is 7.12. The summed E-state index contributed by atoms with van der Waals surface area (Å²) in [6.07, 6.45) is 0. The number of nitrogens with zero attached hydrogens (tertiary/aromatic N) is 1. The molecule has 0 spiro atoms. The fourth-order valence-corrected chi connectivity index (χ4v) is 4.14. The SMILES string of the molecule is CCOc1cc(CNCc2nc3ccccc3[nH]2)cc(Br)c1OCc1cccc(Cl)c1. The number of H-pyrrole nitrogens is 1. The lowest BCUT2D eigenvalue weighted by Crippen LogP contribution is -2.14. The maximum Gasteiger partial charge on any atom is 0.175 e. The number of fused-ring (bicyclic) bond motifs is 1. The molecule has 0 radical (unpaired) electrons. The zero-order chi connectivity index (χ0) is 21.6. The molecular formula is C24H23BrClN3O2. The Morgan fingerprint density at radius 3 is 2.68 bits per heavy atom. The van der Waals surface area contributed by atoms with Gasteiger partial charge in [-0.1, -0.05) is 35.9 Å². The zero-order valence-corrected chi connectivity index (χ0v) is 19.5. The van der Waals surface area contributed by atoms with E-state index in [1.165, 1.54) is 0 Å². The van der Waals surface area contributed by atoms with Crippen molar-refractivity contribution in [1.29, 1.82) is 0 Å². The summed E-state index contributed by atoms with van der Waals surface area (Å²) in [5.74, 6) is 2.30. The molecule has 2 N–H and O–H groups in total. The Bertz CT molecular complexity index is 1150. The molecule has 0 bridgehead atoms. The predicted molar refractivity (Wildman–Crippen MR) is 128 cm³/mol. The highest BCUT2D eigenvalue weighted by Gasteiger charge is 2.13. The third-order valence-corrected chi connectivity index (χ3v) is 5.53. The fourth-order valence-electron chi connectivity index (χ4n) is 3.32. The van der Waals surface area contributed by atoms with Gasteiger partial charge in [-0.2, -0.15) is 0 Å². The van der Waals surface area contributed by atoms with Crippen molar-refractivity contribution in [2.45, 2.75) is 26.6 Å². The minimum atomic E-state index is 0.406. The van der Waals surface area contributed by atoms with Crippen LogP contribution in [-0.4, -0.2) is 16.6 Å². The van der Waals surface area contributed by atoms with Crippen molar-refractivity contribution in [2.24, 2.45) is 0 Å². The molecule has 0 fully saturated rings. The summed E-state index contributed by atoms with van der Waals surface area (Å²) in [6.45, 7) is 4.23. The first-order valence-electron chi connectivity index (χ1n) is 10.1. The van der Waals surface area contributed by atoms with Crippen LogP contribution in [0.25, 0.3) is 11.0 Å². The molecule has 4 aromatic rings. The maximum atomic E-state index is 6.07. The second-order valence-electron chi connectivity index (χ2n) is 7.06. The number of hydrogen-bond donors (Lipinski definition) is 2. The fraction of sp³-hybridized carbons (Fsp3) is 0.208. The van der Waals surface area contributed by atoms with Crippen LogP contribution in [0, 0.1) is 0 Å². The third kappa shape index (κ3) is 5.58. The predicted octanol–water partition coefficient (Wildman–Crippen LogP) is 6.25. The van der Waals surface area contributed by atoms with Crippen molar-refractivity contribution in [2.75, 3.05) is 6.61 Å². The highest BCUT2D eigenvalue weighted by Crippen LogP contribution is 2.37. The number of nitrogens with one attached hydrogen (secondary N) is 2. The smallest absolute Gasteiger partial charge is 0.175 e. The minimum Gasteiger partial charge on any atom is -0.490 e. The minimum absolute atomic E-state index is 0.406. The molecular weight excluding hydrogens is 478 g/mol. The van der Waals surface area contributed by atoms with E-state index in [1.54, 1.807) is 0 Å². The van der Waals surface area contributed by atoms with Gasteiger partial charge in [-0.05, 0) is 70.4 Å². The van der Waals surface area contributed by atoms with Gasteiger partial charge in [0.15, 0.2) is 11.5 Å². The number of para-hydroxylation sites is 2. The van der Waals surface area contributed by atoms with Crippen molar-refractivity contribution in [3.8, 4) is 11.5 Å². The van der Waals surface area contributed by atoms with Crippen molar-refractivity contribution >= 4 is 38.6 Å². The summed E-state index contributed by atoms with van der Waals surface area (Å²) in [5.41, 5.74) is 4.10. The molecule has 1 aromatic heterocycles. The molecule has 0 amide bonds. The third-order valence-electron chi connectivity index (χ3n) is 4.70. The molecule has 0 saturated heterocycles. The average molecular weight is 501 g/mol. The van der Waals surface area contributed by atoms with Gasteiger partial charge in [-0.3, -0.25) is 0 Å². The lowest BCUT2D eigenvalue weighted by atomic mass is 10.2. The molecule has 4 rings (SSSR count). The average Bonchev–Trinajstić information content (AvgIpc) is 3.16. The Morgan fingerprint density at radius 1 is 1.00 bits per heavy atom. The van der Waals surface area contributed by atoms with Gasteiger partial charge in [0.2, 0.25) is 0 Å². The quantitative estimate of drug-likeness (QED) is 0.285. The van der Waals surface area contributed by atoms with Gasteiger partial charge >= 0.3 is 0 Å². The Labute approximate surface area is 194 Å². The lowest BCUT2D eigenvalue weighted by Gasteiger charge is -2.16. The van der Waals surface area contributed by atoms with Crippen molar-refractivity contribution < 1.29 is 9.47 Å². The number of imidazole rings is 1. The van der Waals surface area contributed by atoms with Crippen LogP contribution in [0.5, 0.6) is 11.5 Å². The second kappa shape index (κ2) is 10.2. The van der Waals surface area contributed by atoms with Crippen LogP contribution in [0.2, 0.25) is 5.02 Å². The van der Waals surface area contributed by atoms with E-state index in [1.807, 2.05) is 67.6 Å². The van der Waals surface area contributed by atoms with E-state index in [4.69, 9.17) is 21.1 Å². The molecule has 0 unspecified atom stereocenters. The van der Waals surface area contributed by atoms with Crippen molar-refractivity contribution in [3.63, 3.8) is 0 Å². The van der Waals surface area contributed by atoms with Crippen LogP contribution < -0.4 is 14.8 Å². The molecule has 0 saturated carbocycles. The van der Waals surface area contributed by atoms with Gasteiger partial charge in [0, 0.05) is 11.6 Å². The first kappa shape index (κ1) is 21.7. The van der Waals surface area contributed by atoms with E-state index >= 15 is 0 Å². The Morgan fingerprint density at radius 2 is 1.87 bits per heavy atom. The monoisotopic (exact) mass is 499 g/mol. The summed E-state index contributed by atoms with van der Waals surface area (Å²) in [4.78, 5) is 7.93. The van der Waals surface area contributed by atoms with Gasteiger partial charge in [0.1, 0.15) is 12.4 Å². The van der Waals surface area contributed by atoms with E-state index in [2.05, 4.69) is 31.2 Å². The van der Waals surface area contributed by atoms with Gasteiger partial charge in [-0.15, -0.1) is 0 Å². The molecule has 0 atom stereocenters.